The fourth-order valence-electron chi connectivity index (χ4n) is 1.68. The summed E-state index contributed by atoms with van der Waals surface area (Å²) in [7, 11) is -1.43. The Labute approximate surface area is 126 Å². The molecule has 0 aromatic heterocycles. The minimum Gasteiger partial charge on any atom is -0.338 e. The minimum atomic E-state index is -3.15. The molecule has 0 aliphatic rings. The molecule has 0 bridgehead atoms. The summed E-state index contributed by atoms with van der Waals surface area (Å²) in [5.74, 6) is 0.0686. The molecule has 0 aliphatic heterocycles. The predicted molar refractivity (Wildman–Crippen MR) is 83.4 cm³/mol. The molecular weight excluding hydrogens is 290 g/mol. The lowest BCUT2D eigenvalue weighted by Gasteiger charge is -2.18. The highest BCUT2D eigenvalue weighted by Crippen LogP contribution is 2.02. The van der Waals surface area contributed by atoms with Gasteiger partial charge in [0.2, 0.25) is 10.0 Å². The van der Waals surface area contributed by atoms with E-state index in [1.54, 1.807) is 18.9 Å². The van der Waals surface area contributed by atoms with Crippen LogP contribution in [0.2, 0.25) is 0 Å². The molecule has 1 aromatic rings. The summed E-state index contributed by atoms with van der Waals surface area (Å²) in [4.78, 5) is 13.4. The molecule has 118 valence electrons. The Morgan fingerprint density at radius 1 is 1.19 bits per heavy atom. The molecule has 21 heavy (non-hydrogen) atoms. The molecular formula is C14H23N3O3S. The average Bonchev–Trinajstić information content (AvgIpc) is 2.47. The van der Waals surface area contributed by atoms with Crippen LogP contribution in [0.3, 0.4) is 0 Å². The largest absolute Gasteiger partial charge is 0.338 e. The molecule has 6 nitrogen and oxygen atoms in total. The van der Waals surface area contributed by atoms with Crippen LogP contribution in [0.5, 0.6) is 0 Å². The van der Waals surface area contributed by atoms with Crippen molar-refractivity contribution in [3.63, 3.8) is 0 Å². The van der Waals surface area contributed by atoms with Gasteiger partial charge in [-0.1, -0.05) is 30.3 Å². The number of nitrogens with zero attached hydrogens (tertiary/aromatic N) is 1. The quantitative estimate of drug-likeness (QED) is 0.707. The maximum atomic E-state index is 11.8. The Bertz CT molecular complexity index is 532. The summed E-state index contributed by atoms with van der Waals surface area (Å²) < 4.78 is 24.9. The second kappa shape index (κ2) is 8.63. The van der Waals surface area contributed by atoms with Crippen LogP contribution in [0.4, 0.5) is 4.79 Å². The van der Waals surface area contributed by atoms with Crippen molar-refractivity contribution in [2.45, 2.75) is 19.9 Å². The van der Waals surface area contributed by atoms with Gasteiger partial charge in [-0.3, -0.25) is 0 Å². The van der Waals surface area contributed by atoms with E-state index in [0.29, 0.717) is 26.1 Å². The summed E-state index contributed by atoms with van der Waals surface area (Å²) in [5.41, 5.74) is 1.06. The van der Waals surface area contributed by atoms with Crippen molar-refractivity contribution in [2.24, 2.45) is 0 Å². The topological polar surface area (TPSA) is 78.5 Å². The summed E-state index contributed by atoms with van der Waals surface area (Å²) >= 11 is 0. The lowest BCUT2D eigenvalue weighted by atomic mass is 10.2. The molecule has 2 N–H and O–H groups in total. The van der Waals surface area contributed by atoms with E-state index in [9.17, 15) is 13.2 Å². The maximum Gasteiger partial charge on any atom is 0.317 e. The zero-order valence-corrected chi connectivity index (χ0v) is 13.3. The van der Waals surface area contributed by atoms with Gasteiger partial charge < -0.3 is 10.2 Å². The van der Waals surface area contributed by atoms with Crippen LogP contribution in [-0.2, 0) is 16.6 Å². The zero-order chi connectivity index (χ0) is 15.7. The highest BCUT2D eigenvalue weighted by molar-refractivity contribution is 7.89. The number of benzene rings is 1. The SMILES string of the molecule is CCS(=O)(=O)NCCCNC(=O)N(C)Cc1ccccc1. The van der Waals surface area contributed by atoms with Crippen molar-refractivity contribution in [2.75, 3.05) is 25.9 Å². The van der Waals surface area contributed by atoms with Crippen LogP contribution in [0.1, 0.15) is 18.9 Å². The van der Waals surface area contributed by atoms with Gasteiger partial charge in [-0.25, -0.2) is 17.9 Å². The molecule has 2 amide bonds. The van der Waals surface area contributed by atoms with Gasteiger partial charge in [0.05, 0.1) is 5.75 Å². The number of amides is 2. The molecule has 0 fully saturated rings. The highest BCUT2D eigenvalue weighted by atomic mass is 32.2. The lowest BCUT2D eigenvalue weighted by Crippen LogP contribution is -2.38. The third-order valence-electron chi connectivity index (χ3n) is 2.94. The number of carbonyl (C=O) groups excluding carboxylic acids is 1. The van der Waals surface area contributed by atoms with E-state index in [-0.39, 0.29) is 11.8 Å². The Morgan fingerprint density at radius 3 is 2.48 bits per heavy atom. The number of rotatable bonds is 8. The summed E-state index contributed by atoms with van der Waals surface area (Å²) in [5, 5.41) is 2.76. The summed E-state index contributed by atoms with van der Waals surface area (Å²) in [6.45, 7) is 2.89. The van der Waals surface area contributed by atoms with Crippen LogP contribution >= 0.6 is 0 Å². The molecule has 0 atom stereocenters. The molecule has 7 heteroatoms. The van der Waals surface area contributed by atoms with Crippen molar-refractivity contribution >= 4 is 16.1 Å². The smallest absolute Gasteiger partial charge is 0.317 e. The first kappa shape index (κ1) is 17.5. The number of urea groups is 1. The second-order valence-corrected chi connectivity index (χ2v) is 6.82. The van der Waals surface area contributed by atoms with Gasteiger partial charge in [0.1, 0.15) is 0 Å². The van der Waals surface area contributed by atoms with Crippen LogP contribution in [-0.4, -0.2) is 45.2 Å². The lowest BCUT2D eigenvalue weighted by molar-refractivity contribution is 0.207. The maximum absolute atomic E-state index is 11.8. The minimum absolute atomic E-state index is 0.0686. The van der Waals surface area contributed by atoms with Crippen molar-refractivity contribution in [1.82, 2.24) is 14.9 Å². The first-order valence-corrected chi connectivity index (χ1v) is 8.60. The number of nitrogens with one attached hydrogen (secondary N) is 2. The number of hydrogen-bond acceptors (Lipinski definition) is 3. The van der Waals surface area contributed by atoms with Gasteiger partial charge in [-0.05, 0) is 18.9 Å². The van der Waals surface area contributed by atoms with Gasteiger partial charge in [0.15, 0.2) is 0 Å². The van der Waals surface area contributed by atoms with E-state index in [0.717, 1.165) is 5.56 Å². The fraction of sp³-hybridized carbons (Fsp3) is 0.500. The van der Waals surface area contributed by atoms with Crippen LogP contribution in [0.25, 0.3) is 0 Å². The van der Waals surface area contributed by atoms with E-state index < -0.39 is 10.0 Å². The zero-order valence-electron chi connectivity index (χ0n) is 12.5. The van der Waals surface area contributed by atoms with Gasteiger partial charge in [0.25, 0.3) is 0 Å². The standard InChI is InChI=1S/C14H23N3O3S/c1-3-21(19,20)16-11-7-10-15-14(18)17(2)12-13-8-5-4-6-9-13/h4-6,8-9,16H,3,7,10-12H2,1-2H3,(H,15,18). The van der Waals surface area contributed by atoms with Crippen molar-refractivity contribution in [3.8, 4) is 0 Å². The van der Waals surface area contributed by atoms with Crippen LogP contribution in [0, 0.1) is 0 Å². The third kappa shape index (κ3) is 7.10. The molecule has 0 spiro atoms. The Hall–Kier alpha value is -1.60. The molecule has 0 heterocycles. The predicted octanol–water partition coefficient (Wildman–Crippen LogP) is 1.16. The highest BCUT2D eigenvalue weighted by Gasteiger charge is 2.08. The second-order valence-electron chi connectivity index (χ2n) is 4.72. The molecule has 1 aromatic carbocycles. The fourth-order valence-corrected chi connectivity index (χ4v) is 2.34. The van der Waals surface area contributed by atoms with E-state index in [2.05, 4.69) is 10.0 Å². The van der Waals surface area contributed by atoms with Gasteiger partial charge >= 0.3 is 6.03 Å². The third-order valence-corrected chi connectivity index (χ3v) is 4.35. The molecule has 1 rings (SSSR count). The van der Waals surface area contributed by atoms with E-state index in [1.807, 2.05) is 30.3 Å². The van der Waals surface area contributed by atoms with Gasteiger partial charge in [0, 0.05) is 26.7 Å². The van der Waals surface area contributed by atoms with Crippen molar-refractivity contribution in [1.29, 1.82) is 0 Å². The number of sulfonamides is 1. The molecule has 0 saturated heterocycles. The van der Waals surface area contributed by atoms with E-state index in [1.165, 1.54) is 0 Å². The first-order chi connectivity index (χ1) is 9.94. The molecule has 0 unspecified atom stereocenters. The Morgan fingerprint density at radius 2 is 1.86 bits per heavy atom. The summed E-state index contributed by atoms with van der Waals surface area (Å²) in [6.07, 6.45) is 0.560. The van der Waals surface area contributed by atoms with Crippen LogP contribution < -0.4 is 10.0 Å². The first-order valence-electron chi connectivity index (χ1n) is 6.95. The van der Waals surface area contributed by atoms with E-state index >= 15 is 0 Å². The normalized spacial score (nSPS) is 11.1. The average molecular weight is 313 g/mol. The van der Waals surface area contributed by atoms with Crippen molar-refractivity contribution < 1.29 is 13.2 Å². The van der Waals surface area contributed by atoms with E-state index in [4.69, 9.17) is 0 Å². The molecule has 0 aliphatic carbocycles. The monoisotopic (exact) mass is 313 g/mol. The van der Waals surface area contributed by atoms with Crippen LogP contribution in [0.15, 0.2) is 30.3 Å². The van der Waals surface area contributed by atoms with Crippen molar-refractivity contribution in [3.05, 3.63) is 35.9 Å². The number of hydrogen-bond donors (Lipinski definition) is 2. The van der Waals surface area contributed by atoms with Gasteiger partial charge in [-0.2, -0.15) is 0 Å². The summed E-state index contributed by atoms with van der Waals surface area (Å²) in [6, 6.07) is 9.55. The number of carbonyl (C=O) groups is 1. The molecule has 0 saturated carbocycles. The Kier molecular flexibility index (Phi) is 7.18. The van der Waals surface area contributed by atoms with Gasteiger partial charge in [-0.15, -0.1) is 0 Å². The molecule has 0 radical (unpaired) electrons. The Balaban J connectivity index is 2.21.